The highest BCUT2D eigenvalue weighted by atomic mass is 35.5. The van der Waals surface area contributed by atoms with Crippen LogP contribution in [0, 0.1) is 26.9 Å². The number of nitro benzene ring substituents is 1. The number of rotatable bonds is 4. The Labute approximate surface area is 118 Å². The predicted octanol–water partition coefficient (Wildman–Crippen LogP) is 4.34. The average molecular weight is 283 g/mol. The molecule has 0 spiro atoms. The summed E-state index contributed by atoms with van der Waals surface area (Å²) in [6.45, 7) is 9.59. The van der Waals surface area contributed by atoms with E-state index in [4.69, 9.17) is 11.6 Å². The third-order valence-corrected chi connectivity index (χ3v) is 5.31. The molecule has 0 atom stereocenters. The number of anilines is 1. The highest BCUT2D eigenvalue weighted by Crippen LogP contribution is 2.68. The van der Waals surface area contributed by atoms with E-state index in [-0.39, 0.29) is 16.5 Å². The molecule has 5 heteroatoms. The summed E-state index contributed by atoms with van der Waals surface area (Å²) in [6, 6.07) is 4.73. The van der Waals surface area contributed by atoms with E-state index in [0.717, 1.165) is 0 Å². The van der Waals surface area contributed by atoms with Gasteiger partial charge in [-0.15, -0.1) is 0 Å². The molecule has 0 heterocycles. The summed E-state index contributed by atoms with van der Waals surface area (Å²) < 4.78 is 0. The number of benzene rings is 1. The van der Waals surface area contributed by atoms with Gasteiger partial charge < -0.3 is 5.32 Å². The molecular weight excluding hydrogens is 264 g/mol. The SMILES string of the molecule is CC1(C)C(CNc2c(Cl)cccc2[N+](=O)[O-])C1(C)C. The van der Waals surface area contributed by atoms with Crippen molar-refractivity contribution in [2.24, 2.45) is 16.7 Å². The van der Waals surface area contributed by atoms with E-state index in [2.05, 4.69) is 33.0 Å². The molecule has 0 aromatic heterocycles. The fraction of sp³-hybridized carbons (Fsp3) is 0.571. The van der Waals surface area contributed by atoms with Gasteiger partial charge in [0.05, 0.1) is 9.95 Å². The summed E-state index contributed by atoms with van der Waals surface area (Å²) in [6.07, 6.45) is 0. The van der Waals surface area contributed by atoms with Crippen LogP contribution in [0.25, 0.3) is 0 Å². The van der Waals surface area contributed by atoms with Crippen molar-refractivity contribution < 1.29 is 4.92 Å². The number of hydrogen-bond donors (Lipinski definition) is 1. The Morgan fingerprint density at radius 3 is 2.37 bits per heavy atom. The number of halogens is 1. The van der Waals surface area contributed by atoms with Crippen LogP contribution in [0.15, 0.2) is 18.2 Å². The third kappa shape index (κ3) is 2.18. The van der Waals surface area contributed by atoms with Crippen LogP contribution >= 0.6 is 11.6 Å². The van der Waals surface area contributed by atoms with Crippen molar-refractivity contribution in [3.05, 3.63) is 33.3 Å². The van der Waals surface area contributed by atoms with Crippen molar-refractivity contribution in [3.63, 3.8) is 0 Å². The maximum Gasteiger partial charge on any atom is 0.293 e. The molecule has 1 saturated carbocycles. The first kappa shape index (κ1) is 14.1. The standard InChI is InChI=1S/C14H19ClN2O2/c1-13(2)11(14(13,3)4)8-16-12-9(15)6-5-7-10(12)17(18)19/h5-7,11,16H,8H2,1-4H3. The van der Waals surface area contributed by atoms with E-state index in [1.54, 1.807) is 12.1 Å². The predicted molar refractivity (Wildman–Crippen MR) is 77.6 cm³/mol. The minimum atomic E-state index is -0.405. The zero-order valence-electron chi connectivity index (χ0n) is 11.7. The number of nitrogens with zero attached hydrogens (tertiary/aromatic N) is 1. The van der Waals surface area contributed by atoms with Crippen molar-refractivity contribution >= 4 is 23.0 Å². The number of nitrogens with one attached hydrogen (secondary N) is 1. The van der Waals surface area contributed by atoms with Gasteiger partial charge in [-0.05, 0) is 22.8 Å². The van der Waals surface area contributed by atoms with Gasteiger partial charge >= 0.3 is 0 Å². The molecule has 0 unspecified atom stereocenters. The van der Waals surface area contributed by atoms with Gasteiger partial charge in [-0.3, -0.25) is 10.1 Å². The Hall–Kier alpha value is -1.29. The minimum Gasteiger partial charge on any atom is -0.378 e. The van der Waals surface area contributed by atoms with Crippen molar-refractivity contribution in [2.75, 3.05) is 11.9 Å². The topological polar surface area (TPSA) is 55.2 Å². The van der Waals surface area contributed by atoms with Gasteiger partial charge in [0.2, 0.25) is 0 Å². The zero-order chi connectivity index (χ0) is 14.4. The van der Waals surface area contributed by atoms with Crippen LogP contribution in [0.4, 0.5) is 11.4 Å². The molecule has 19 heavy (non-hydrogen) atoms. The lowest BCUT2D eigenvalue weighted by atomic mass is 10.0. The fourth-order valence-electron chi connectivity index (χ4n) is 2.89. The molecule has 104 valence electrons. The molecule has 1 aromatic carbocycles. The summed E-state index contributed by atoms with van der Waals surface area (Å²) in [5, 5.41) is 14.6. The molecule has 1 aliphatic carbocycles. The smallest absolute Gasteiger partial charge is 0.293 e. The van der Waals surface area contributed by atoms with Gasteiger partial charge in [-0.25, -0.2) is 0 Å². The summed E-state index contributed by atoms with van der Waals surface area (Å²) in [5.41, 5.74) is 0.947. The second-order valence-electron chi connectivity index (χ2n) is 6.27. The number of nitro groups is 1. The van der Waals surface area contributed by atoms with Gasteiger partial charge in [-0.2, -0.15) is 0 Å². The lowest BCUT2D eigenvalue weighted by molar-refractivity contribution is -0.383. The molecule has 2 rings (SSSR count). The second kappa shape index (κ2) is 4.37. The van der Waals surface area contributed by atoms with E-state index in [9.17, 15) is 10.1 Å². The summed E-state index contributed by atoms with van der Waals surface area (Å²) >= 11 is 6.05. The van der Waals surface area contributed by atoms with Crippen molar-refractivity contribution in [3.8, 4) is 0 Å². The van der Waals surface area contributed by atoms with E-state index < -0.39 is 4.92 Å². The van der Waals surface area contributed by atoms with E-state index in [0.29, 0.717) is 23.2 Å². The fourth-order valence-corrected chi connectivity index (χ4v) is 3.12. The van der Waals surface area contributed by atoms with Gasteiger partial charge in [0.1, 0.15) is 5.69 Å². The van der Waals surface area contributed by atoms with E-state index >= 15 is 0 Å². The number of hydrogen-bond acceptors (Lipinski definition) is 3. The Bertz CT molecular complexity index is 512. The second-order valence-corrected chi connectivity index (χ2v) is 6.68. The van der Waals surface area contributed by atoms with E-state index in [1.165, 1.54) is 6.07 Å². The molecule has 1 aliphatic rings. The highest BCUT2D eigenvalue weighted by molar-refractivity contribution is 6.33. The lowest BCUT2D eigenvalue weighted by Crippen LogP contribution is -2.10. The summed E-state index contributed by atoms with van der Waals surface area (Å²) in [7, 11) is 0. The molecule has 0 aliphatic heterocycles. The molecular formula is C14H19ClN2O2. The quantitative estimate of drug-likeness (QED) is 0.660. The van der Waals surface area contributed by atoms with E-state index in [1.807, 2.05) is 0 Å². The molecule has 0 saturated heterocycles. The Kier molecular flexibility index (Phi) is 3.25. The van der Waals surface area contributed by atoms with Crippen LogP contribution in [0.2, 0.25) is 5.02 Å². The maximum absolute atomic E-state index is 11.0. The molecule has 4 nitrogen and oxygen atoms in total. The molecule has 1 N–H and O–H groups in total. The van der Waals surface area contributed by atoms with Crippen LogP contribution < -0.4 is 5.32 Å². The molecule has 1 fully saturated rings. The molecule has 1 aromatic rings. The Morgan fingerprint density at radius 2 is 1.89 bits per heavy atom. The molecule has 0 bridgehead atoms. The minimum absolute atomic E-state index is 0.0313. The Morgan fingerprint density at radius 1 is 1.32 bits per heavy atom. The molecule has 0 amide bonds. The highest BCUT2D eigenvalue weighted by Gasteiger charge is 2.64. The maximum atomic E-state index is 11.0. The van der Waals surface area contributed by atoms with Crippen LogP contribution in [0.1, 0.15) is 27.7 Å². The molecule has 0 radical (unpaired) electrons. The summed E-state index contributed by atoms with van der Waals surface area (Å²) in [5.74, 6) is 0.482. The zero-order valence-corrected chi connectivity index (χ0v) is 12.4. The van der Waals surface area contributed by atoms with Crippen LogP contribution in [0.5, 0.6) is 0 Å². The van der Waals surface area contributed by atoms with Gasteiger partial charge in [0.15, 0.2) is 0 Å². The largest absolute Gasteiger partial charge is 0.378 e. The van der Waals surface area contributed by atoms with Crippen LogP contribution in [0.3, 0.4) is 0 Å². The van der Waals surface area contributed by atoms with Gasteiger partial charge in [0.25, 0.3) is 5.69 Å². The van der Waals surface area contributed by atoms with Gasteiger partial charge in [-0.1, -0.05) is 45.4 Å². The summed E-state index contributed by atoms with van der Waals surface area (Å²) in [4.78, 5) is 10.6. The van der Waals surface area contributed by atoms with Crippen molar-refractivity contribution in [1.82, 2.24) is 0 Å². The first-order chi connectivity index (χ1) is 8.69. The van der Waals surface area contributed by atoms with Gasteiger partial charge in [0, 0.05) is 12.6 Å². The van der Waals surface area contributed by atoms with Crippen LogP contribution in [-0.2, 0) is 0 Å². The first-order valence-electron chi connectivity index (χ1n) is 6.36. The normalized spacial score (nSPS) is 20.1. The average Bonchev–Trinajstić information content (AvgIpc) is 2.68. The first-order valence-corrected chi connectivity index (χ1v) is 6.74. The lowest BCUT2D eigenvalue weighted by Gasteiger charge is -2.09. The number of para-hydroxylation sites is 1. The third-order valence-electron chi connectivity index (χ3n) is 4.99. The van der Waals surface area contributed by atoms with Crippen molar-refractivity contribution in [1.29, 1.82) is 0 Å². The monoisotopic (exact) mass is 282 g/mol. The van der Waals surface area contributed by atoms with Crippen LogP contribution in [-0.4, -0.2) is 11.5 Å². The Balaban J connectivity index is 2.16. The van der Waals surface area contributed by atoms with Crippen molar-refractivity contribution in [2.45, 2.75) is 27.7 Å².